The van der Waals surface area contributed by atoms with E-state index in [2.05, 4.69) is 0 Å². The second-order valence-corrected chi connectivity index (χ2v) is 9.24. The number of rotatable bonds is 2. The molecule has 0 aliphatic carbocycles. The van der Waals surface area contributed by atoms with Crippen LogP contribution in [0.4, 0.5) is 5.69 Å². The second-order valence-electron chi connectivity index (χ2n) is 7.45. The van der Waals surface area contributed by atoms with Gasteiger partial charge in [-0.2, -0.15) is 0 Å². The van der Waals surface area contributed by atoms with Gasteiger partial charge in [-0.15, -0.1) is 0 Å². The Morgan fingerprint density at radius 3 is 2.57 bits per heavy atom. The number of sulfonamides is 1. The van der Waals surface area contributed by atoms with Gasteiger partial charge in [-0.1, -0.05) is 18.2 Å². The predicted molar refractivity (Wildman–Crippen MR) is 106 cm³/mol. The fourth-order valence-corrected chi connectivity index (χ4v) is 5.74. The van der Waals surface area contributed by atoms with Gasteiger partial charge >= 0.3 is 0 Å². The molecule has 0 atom stereocenters. The molecule has 2 heterocycles. The number of para-hydroxylation sites is 1. The lowest BCUT2D eigenvalue weighted by Crippen LogP contribution is -2.36. The standard InChI is InChI=1S/C21H22N2O4S/c1-14(2)23-21(25)17-11-10-16(13-19(17)28(23,26)27)20(24)22-12-6-5-8-15-7-3-4-9-18(15)22/h3-4,7,9-11,13-14H,5-6,8,12H2,1-2H3. The van der Waals surface area contributed by atoms with Gasteiger partial charge in [-0.3, -0.25) is 9.59 Å². The first-order chi connectivity index (χ1) is 13.3. The first-order valence-electron chi connectivity index (χ1n) is 9.45. The van der Waals surface area contributed by atoms with E-state index in [0.717, 1.165) is 34.8 Å². The highest BCUT2D eigenvalue weighted by Gasteiger charge is 2.43. The number of fused-ring (bicyclic) bond motifs is 2. The van der Waals surface area contributed by atoms with Gasteiger partial charge in [-0.05, 0) is 62.9 Å². The van der Waals surface area contributed by atoms with E-state index in [9.17, 15) is 18.0 Å². The van der Waals surface area contributed by atoms with Gasteiger partial charge in [0.1, 0.15) is 4.90 Å². The van der Waals surface area contributed by atoms with Gasteiger partial charge < -0.3 is 4.90 Å². The molecule has 0 bridgehead atoms. The number of amides is 2. The zero-order valence-electron chi connectivity index (χ0n) is 15.9. The lowest BCUT2D eigenvalue weighted by Gasteiger charge is -2.23. The number of anilines is 1. The minimum Gasteiger partial charge on any atom is -0.308 e. The smallest absolute Gasteiger partial charge is 0.269 e. The molecule has 7 heteroatoms. The number of carbonyl (C=O) groups excluding carboxylic acids is 2. The maximum Gasteiger partial charge on any atom is 0.269 e. The van der Waals surface area contributed by atoms with Crippen molar-refractivity contribution < 1.29 is 18.0 Å². The molecule has 4 rings (SSSR count). The Kier molecular flexibility index (Phi) is 4.50. The molecule has 2 aliphatic rings. The summed E-state index contributed by atoms with van der Waals surface area (Å²) in [5.74, 6) is -0.785. The van der Waals surface area contributed by atoms with E-state index in [1.165, 1.54) is 12.1 Å². The number of benzene rings is 2. The van der Waals surface area contributed by atoms with Gasteiger partial charge in [0.05, 0.1) is 5.56 Å². The number of hydrogen-bond acceptors (Lipinski definition) is 4. The molecule has 0 N–H and O–H groups in total. The number of hydrogen-bond donors (Lipinski definition) is 0. The third-order valence-electron chi connectivity index (χ3n) is 5.27. The Morgan fingerprint density at radius 1 is 1.07 bits per heavy atom. The molecule has 2 aromatic rings. The average Bonchev–Trinajstić information content (AvgIpc) is 2.80. The van der Waals surface area contributed by atoms with Crippen LogP contribution in [0.5, 0.6) is 0 Å². The quantitative estimate of drug-likeness (QED) is 0.778. The molecular formula is C21H22N2O4S. The Morgan fingerprint density at radius 2 is 1.82 bits per heavy atom. The molecule has 0 unspecified atom stereocenters. The fraction of sp³-hybridized carbons (Fsp3) is 0.333. The zero-order valence-corrected chi connectivity index (χ0v) is 16.7. The Hall–Kier alpha value is -2.67. The van der Waals surface area contributed by atoms with E-state index in [1.807, 2.05) is 24.3 Å². The van der Waals surface area contributed by atoms with Gasteiger partial charge in [0.2, 0.25) is 0 Å². The van der Waals surface area contributed by atoms with Crippen molar-refractivity contribution in [2.24, 2.45) is 0 Å². The summed E-state index contributed by atoms with van der Waals surface area (Å²) in [5.41, 5.74) is 2.38. The third-order valence-corrected chi connectivity index (χ3v) is 7.27. The monoisotopic (exact) mass is 398 g/mol. The van der Waals surface area contributed by atoms with E-state index in [0.29, 0.717) is 6.54 Å². The van der Waals surface area contributed by atoms with Crippen molar-refractivity contribution in [3.8, 4) is 0 Å². The van der Waals surface area contributed by atoms with Crippen LogP contribution in [0.3, 0.4) is 0 Å². The molecule has 0 radical (unpaired) electrons. The summed E-state index contributed by atoms with van der Waals surface area (Å²) >= 11 is 0. The summed E-state index contributed by atoms with van der Waals surface area (Å²) in [6.45, 7) is 3.89. The summed E-state index contributed by atoms with van der Waals surface area (Å²) in [4.78, 5) is 27.4. The molecule has 0 spiro atoms. The summed E-state index contributed by atoms with van der Waals surface area (Å²) in [6.07, 6.45) is 2.79. The van der Waals surface area contributed by atoms with Crippen molar-refractivity contribution in [1.82, 2.24) is 4.31 Å². The molecule has 2 aromatic carbocycles. The van der Waals surface area contributed by atoms with Gasteiger partial charge in [-0.25, -0.2) is 12.7 Å². The molecule has 146 valence electrons. The normalized spacial score (nSPS) is 18.0. The first-order valence-corrected chi connectivity index (χ1v) is 10.9. The summed E-state index contributed by atoms with van der Waals surface area (Å²) in [7, 11) is -3.94. The van der Waals surface area contributed by atoms with Crippen LogP contribution in [0.1, 0.15) is 53.0 Å². The third kappa shape index (κ3) is 2.81. The van der Waals surface area contributed by atoms with Crippen molar-refractivity contribution in [3.05, 3.63) is 59.2 Å². The van der Waals surface area contributed by atoms with Crippen molar-refractivity contribution in [3.63, 3.8) is 0 Å². The Labute approximate surface area is 164 Å². The minimum absolute atomic E-state index is 0.0832. The summed E-state index contributed by atoms with van der Waals surface area (Å²) < 4.78 is 26.5. The van der Waals surface area contributed by atoms with E-state index < -0.39 is 22.0 Å². The zero-order chi connectivity index (χ0) is 20.1. The lowest BCUT2D eigenvalue weighted by atomic mass is 10.1. The highest BCUT2D eigenvalue weighted by atomic mass is 32.2. The second kappa shape index (κ2) is 6.74. The van der Waals surface area contributed by atoms with Crippen LogP contribution in [0.2, 0.25) is 0 Å². The first kappa shape index (κ1) is 18.7. The number of carbonyl (C=O) groups is 2. The van der Waals surface area contributed by atoms with Crippen LogP contribution >= 0.6 is 0 Å². The van der Waals surface area contributed by atoms with Crippen LogP contribution in [-0.2, 0) is 16.4 Å². The van der Waals surface area contributed by atoms with Crippen LogP contribution in [0, 0.1) is 0 Å². The van der Waals surface area contributed by atoms with E-state index >= 15 is 0 Å². The number of aryl methyl sites for hydroxylation is 1. The highest BCUT2D eigenvalue weighted by molar-refractivity contribution is 7.90. The van der Waals surface area contributed by atoms with Crippen molar-refractivity contribution in [1.29, 1.82) is 0 Å². The maximum atomic E-state index is 13.3. The predicted octanol–water partition coefficient (Wildman–Crippen LogP) is 3.22. The molecule has 2 amide bonds. The maximum absolute atomic E-state index is 13.3. The van der Waals surface area contributed by atoms with E-state index in [-0.39, 0.29) is 21.9 Å². The van der Waals surface area contributed by atoms with E-state index in [4.69, 9.17) is 0 Å². The SMILES string of the molecule is CC(C)N1C(=O)c2ccc(C(=O)N3CCCCc4ccccc43)cc2S1(=O)=O. The lowest BCUT2D eigenvalue weighted by molar-refractivity contribution is 0.0845. The molecule has 6 nitrogen and oxygen atoms in total. The topological polar surface area (TPSA) is 74.8 Å². The molecule has 0 aromatic heterocycles. The largest absolute Gasteiger partial charge is 0.308 e. The molecule has 0 fully saturated rings. The van der Waals surface area contributed by atoms with Crippen LogP contribution in [0.15, 0.2) is 47.4 Å². The molecular weight excluding hydrogens is 376 g/mol. The minimum atomic E-state index is -3.94. The molecule has 0 saturated carbocycles. The van der Waals surface area contributed by atoms with Gasteiger partial charge in [0.25, 0.3) is 21.8 Å². The highest BCUT2D eigenvalue weighted by Crippen LogP contribution is 2.34. The van der Waals surface area contributed by atoms with Crippen molar-refractivity contribution >= 4 is 27.5 Å². The average molecular weight is 398 g/mol. The van der Waals surface area contributed by atoms with E-state index in [1.54, 1.807) is 24.8 Å². The van der Waals surface area contributed by atoms with Crippen molar-refractivity contribution in [2.45, 2.75) is 44.0 Å². The van der Waals surface area contributed by atoms with Crippen LogP contribution in [-0.4, -0.2) is 37.1 Å². The van der Waals surface area contributed by atoms with Gasteiger partial charge in [0.15, 0.2) is 0 Å². The Balaban J connectivity index is 1.76. The molecule has 2 aliphatic heterocycles. The van der Waals surface area contributed by atoms with Crippen molar-refractivity contribution in [2.75, 3.05) is 11.4 Å². The fourth-order valence-electron chi connectivity index (χ4n) is 3.95. The summed E-state index contributed by atoms with van der Waals surface area (Å²) in [6, 6.07) is 11.7. The molecule has 28 heavy (non-hydrogen) atoms. The van der Waals surface area contributed by atoms with Gasteiger partial charge in [0, 0.05) is 23.8 Å². The molecule has 0 saturated heterocycles. The summed E-state index contributed by atoms with van der Waals surface area (Å²) in [5, 5.41) is 0. The van der Waals surface area contributed by atoms with Crippen LogP contribution < -0.4 is 4.90 Å². The Bertz CT molecular complexity index is 1080. The van der Waals surface area contributed by atoms with Crippen LogP contribution in [0.25, 0.3) is 0 Å². The number of nitrogens with zero attached hydrogens (tertiary/aromatic N) is 2.